The first-order valence-corrected chi connectivity index (χ1v) is 10.0. The molecule has 142 valence electrons. The zero-order valence-corrected chi connectivity index (χ0v) is 15.2. The van der Waals surface area contributed by atoms with Crippen LogP contribution in [-0.4, -0.2) is 27.7 Å². The summed E-state index contributed by atoms with van der Waals surface area (Å²) in [6, 6.07) is 9.02. The Morgan fingerprint density at radius 1 is 1.15 bits per heavy atom. The van der Waals surface area contributed by atoms with Crippen LogP contribution >= 0.6 is 0 Å². The third-order valence-electron chi connectivity index (χ3n) is 4.46. The van der Waals surface area contributed by atoms with Gasteiger partial charge < -0.3 is 20.5 Å². The number of sulfonamides is 1. The molecule has 27 heavy (non-hydrogen) atoms. The van der Waals surface area contributed by atoms with E-state index in [0.717, 1.165) is 12.8 Å². The highest BCUT2D eigenvalue weighted by Crippen LogP contribution is 2.38. The first kappa shape index (κ1) is 17.6. The smallest absolute Gasteiger partial charge is 0.255 e. The maximum atomic E-state index is 12.6. The van der Waals surface area contributed by atoms with Crippen LogP contribution in [0.4, 0.5) is 11.4 Å². The van der Waals surface area contributed by atoms with Gasteiger partial charge in [0.15, 0.2) is 11.5 Å². The van der Waals surface area contributed by atoms with Crippen LogP contribution in [0.3, 0.4) is 0 Å². The third kappa shape index (κ3) is 3.83. The van der Waals surface area contributed by atoms with Gasteiger partial charge >= 0.3 is 0 Å². The fourth-order valence-corrected chi connectivity index (χ4v) is 3.86. The Labute approximate surface area is 156 Å². The van der Waals surface area contributed by atoms with Crippen molar-refractivity contribution in [3.63, 3.8) is 0 Å². The number of anilines is 2. The molecule has 0 aromatic heterocycles. The standard InChI is InChI=1S/C18H19N3O5S/c19-14-7-16-17(26-10-25-16)8-15(14)21-18(22)12-2-1-3-13(6-12)27(23,24)20-9-11-4-5-11/h1-3,6-8,11,20H,4-5,9-10,19H2,(H,21,22). The van der Waals surface area contributed by atoms with Crippen LogP contribution < -0.4 is 25.2 Å². The van der Waals surface area contributed by atoms with Crippen LogP contribution in [0, 0.1) is 5.92 Å². The molecule has 8 nitrogen and oxygen atoms in total. The number of amides is 1. The van der Waals surface area contributed by atoms with Gasteiger partial charge in [-0.1, -0.05) is 6.07 Å². The molecule has 0 spiro atoms. The summed E-state index contributed by atoms with van der Waals surface area (Å²) in [5.41, 5.74) is 6.83. The summed E-state index contributed by atoms with van der Waals surface area (Å²) in [7, 11) is -3.65. The van der Waals surface area contributed by atoms with Gasteiger partial charge in [0, 0.05) is 24.2 Å². The zero-order chi connectivity index (χ0) is 19.0. The number of hydrogen-bond donors (Lipinski definition) is 3. The Kier molecular flexibility index (Phi) is 4.40. The highest BCUT2D eigenvalue weighted by molar-refractivity contribution is 7.89. The van der Waals surface area contributed by atoms with Crippen LogP contribution in [0.15, 0.2) is 41.3 Å². The van der Waals surface area contributed by atoms with Crippen molar-refractivity contribution in [3.8, 4) is 11.5 Å². The molecule has 9 heteroatoms. The molecule has 1 heterocycles. The quantitative estimate of drug-likeness (QED) is 0.650. The van der Waals surface area contributed by atoms with E-state index in [1.165, 1.54) is 18.2 Å². The average molecular weight is 389 g/mol. The topological polar surface area (TPSA) is 120 Å². The van der Waals surface area contributed by atoms with Crippen molar-refractivity contribution in [1.29, 1.82) is 0 Å². The molecule has 0 saturated heterocycles. The highest BCUT2D eigenvalue weighted by Gasteiger charge is 2.25. The van der Waals surface area contributed by atoms with Gasteiger partial charge in [0.1, 0.15) is 0 Å². The SMILES string of the molecule is Nc1cc2c(cc1NC(=O)c1cccc(S(=O)(=O)NCC3CC3)c1)OCO2. The number of nitrogen functional groups attached to an aromatic ring is 1. The van der Waals surface area contributed by atoms with Gasteiger partial charge in [-0.3, -0.25) is 4.79 Å². The molecule has 1 fully saturated rings. The lowest BCUT2D eigenvalue weighted by Crippen LogP contribution is -2.26. The largest absolute Gasteiger partial charge is 0.454 e. The number of nitrogens with one attached hydrogen (secondary N) is 2. The number of carbonyl (C=O) groups is 1. The maximum Gasteiger partial charge on any atom is 0.255 e. The minimum absolute atomic E-state index is 0.0504. The molecular weight excluding hydrogens is 370 g/mol. The van der Waals surface area contributed by atoms with Crippen LogP contribution in [0.5, 0.6) is 11.5 Å². The molecule has 0 unspecified atom stereocenters. The second-order valence-corrected chi connectivity index (χ2v) is 8.34. The molecule has 2 aromatic rings. The van der Waals surface area contributed by atoms with Crippen molar-refractivity contribution >= 4 is 27.3 Å². The van der Waals surface area contributed by atoms with Crippen LogP contribution in [0.2, 0.25) is 0 Å². The molecule has 0 radical (unpaired) electrons. The maximum absolute atomic E-state index is 12.6. The fourth-order valence-electron chi connectivity index (χ4n) is 2.70. The molecule has 1 aliphatic heterocycles. The lowest BCUT2D eigenvalue weighted by Gasteiger charge is -2.11. The van der Waals surface area contributed by atoms with E-state index >= 15 is 0 Å². The van der Waals surface area contributed by atoms with Crippen LogP contribution in [-0.2, 0) is 10.0 Å². The Balaban J connectivity index is 1.52. The summed E-state index contributed by atoms with van der Waals surface area (Å²) in [6.45, 7) is 0.520. The monoisotopic (exact) mass is 389 g/mol. The number of ether oxygens (including phenoxy) is 2. The average Bonchev–Trinajstić information content (AvgIpc) is 3.38. The second kappa shape index (κ2) is 6.75. The van der Waals surface area contributed by atoms with E-state index in [-0.39, 0.29) is 17.3 Å². The molecule has 2 aliphatic rings. The first-order chi connectivity index (χ1) is 12.9. The minimum Gasteiger partial charge on any atom is -0.454 e. The normalized spacial score (nSPS) is 15.6. The molecule has 1 amide bonds. The minimum atomic E-state index is -3.65. The van der Waals surface area contributed by atoms with Crippen molar-refractivity contribution in [1.82, 2.24) is 4.72 Å². The Morgan fingerprint density at radius 3 is 2.63 bits per heavy atom. The number of fused-ring (bicyclic) bond motifs is 1. The molecule has 4 N–H and O–H groups in total. The van der Waals surface area contributed by atoms with Gasteiger partial charge in [-0.05, 0) is 37.0 Å². The summed E-state index contributed by atoms with van der Waals surface area (Å²) in [4.78, 5) is 12.6. The second-order valence-electron chi connectivity index (χ2n) is 6.57. The summed E-state index contributed by atoms with van der Waals surface area (Å²) in [5.74, 6) is 0.945. The summed E-state index contributed by atoms with van der Waals surface area (Å²) in [6.07, 6.45) is 2.09. The van der Waals surface area contributed by atoms with Crippen LogP contribution in [0.1, 0.15) is 23.2 Å². The Hall–Kier alpha value is -2.78. The van der Waals surface area contributed by atoms with Crippen molar-refractivity contribution in [3.05, 3.63) is 42.0 Å². The van der Waals surface area contributed by atoms with Crippen molar-refractivity contribution in [2.45, 2.75) is 17.7 Å². The predicted molar refractivity (Wildman–Crippen MR) is 99.3 cm³/mol. The zero-order valence-electron chi connectivity index (χ0n) is 14.4. The Bertz CT molecular complexity index is 1000. The summed E-state index contributed by atoms with van der Waals surface area (Å²) >= 11 is 0. The number of nitrogens with two attached hydrogens (primary N) is 1. The molecule has 2 aromatic carbocycles. The Morgan fingerprint density at radius 2 is 1.89 bits per heavy atom. The van der Waals surface area contributed by atoms with E-state index < -0.39 is 15.9 Å². The number of carbonyl (C=O) groups excluding carboxylic acids is 1. The number of hydrogen-bond acceptors (Lipinski definition) is 6. The summed E-state index contributed by atoms with van der Waals surface area (Å²) < 4.78 is 37.9. The first-order valence-electron chi connectivity index (χ1n) is 8.52. The lowest BCUT2D eigenvalue weighted by molar-refractivity contribution is 0.102. The predicted octanol–water partition coefficient (Wildman–Crippen LogP) is 1.94. The number of rotatable bonds is 6. The van der Waals surface area contributed by atoms with Gasteiger partial charge in [-0.2, -0.15) is 0 Å². The van der Waals surface area contributed by atoms with Crippen molar-refractivity contribution < 1.29 is 22.7 Å². The lowest BCUT2D eigenvalue weighted by atomic mass is 10.2. The van der Waals surface area contributed by atoms with Gasteiger partial charge in [0.2, 0.25) is 16.8 Å². The van der Waals surface area contributed by atoms with Gasteiger partial charge in [-0.15, -0.1) is 0 Å². The molecule has 0 bridgehead atoms. The van der Waals surface area contributed by atoms with E-state index in [9.17, 15) is 13.2 Å². The van der Waals surface area contributed by atoms with E-state index in [0.29, 0.717) is 35.3 Å². The summed E-state index contributed by atoms with van der Waals surface area (Å²) in [5, 5.41) is 2.68. The van der Waals surface area contributed by atoms with Gasteiger partial charge in [-0.25, -0.2) is 13.1 Å². The molecule has 4 rings (SSSR count). The van der Waals surface area contributed by atoms with Crippen molar-refractivity contribution in [2.75, 3.05) is 24.4 Å². The van der Waals surface area contributed by atoms with E-state index in [2.05, 4.69) is 10.0 Å². The fraction of sp³-hybridized carbons (Fsp3) is 0.278. The molecule has 1 aliphatic carbocycles. The highest BCUT2D eigenvalue weighted by atomic mass is 32.2. The van der Waals surface area contributed by atoms with E-state index in [4.69, 9.17) is 15.2 Å². The molecule has 1 saturated carbocycles. The number of benzene rings is 2. The van der Waals surface area contributed by atoms with Gasteiger partial charge in [0.25, 0.3) is 5.91 Å². The van der Waals surface area contributed by atoms with Gasteiger partial charge in [0.05, 0.1) is 16.3 Å². The van der Waals surface area contributed by atoms with E-state index in [1.807, 2.05) is 0 Å². The van der Waals surface area contributed by atoms with E-state index in [1.54, 1.807) is 18.2 Å². The molecule has 0 atom stereocenters. The molecular formula is C18H19N3O5S. The van der Waals surface area contributed by atoms with Crippen molar-refractivity contribution in [2.24, 2.45) is 5.92 Å². The third-order valence-corrected chi connectivity index (χ3v) is 5.88. The van der Waals surface area contributed by atoms with Crippen LogP contribution in [0.25, 0.3) is 0 Å².